The SMILES string of the molecule is CC1(Oc2ccc3[nH]nc(-c4ccnc(N5CCC(OC6CCC(CN7CCNCC7)CC6)CC5)c4)c3c2)CC1. The average Bonchev–Trinajstić information content (AvgIpc) is 3.56. The summed E-state index contributed by atoms with van der Waals surface area (Å²) in [7, 11) is 0. The van der Waals surface area contributed by atoms with Gasteiger partial charge in [-0.1, -0.05) is 0 Å². The average molecular weight is 545 g/mol. The molecule has 0 amide bonds. The van der Waals surface area contributed by atoms with Crippen LogP contribution in [0.1, 0.15) is 58.3 Å². The van der Waals surface area contributed by atoms with E-state index in [-0.39, 0.29) is 5.60 Å². The molecule has 4 heterocycles. The maximum atomic E-state index is 6.64. The van der Waals surface area contributed by atoms with Crippen molar-refractivity contribution in [2.75, 3.05) is 50.7 Å². The summed E-state index contributed by atoms with van der Waals surface area (Å²) in [6.07, 6.45) is 12.2. The molecular weight excluding hydrogens is 500 g/mol. The van der Waals surface area contributed by atoms with Crippen molar-refractivity contribution >= 4 is 16.7 Å². The number of piperidine rings is 1. The van der Waals surface area contributed by atoms with Crippen LogP contribution in [0.5, 0.6) is 5.75 Å². The van der Waals surface area contributed by atoms with Crippen LogP contribution >= 0.6 is 0 Å². The summed E-state index contributed by atoms with van der Waals surface area (Å²) in [6.45, 7) is 10.1. The van der Waals surface area contributed by atoms with Gasteiger partial charge >= 0.3 is 0 Å². The molecule has 3 aromatic rings. The molecular formula is C32H44N6O2. The zero-order valence-corrected chi connectivity index (χ0v) is 23.9. The van der Waals surface area contributed by atoms with Crippen molar-refractivity contribution in [2.24, 2.45) is 5.92 Å². The number of rotatable bonds is 8. The van der Waals surface area contributed by atoms with Gasteiger partial charge in [-0.2, -0.15) is 5.10 Å². The quantitative estimate of drug-likeness (QED) is 0.413. The van der Waals surface area contributed by atoms with Crippen LogP contribution in [0.25, 0.3) is 22.2 Å². The van der Waals surface area contributed by atoms with E-state index in [0.29, 0.717) is 12.2 Å². The molecule has 2 aliphatic carbocycles. The first-order valence-electron chi connectivity index (χ1n) is 15.6. The molecule has 8 nitrogen and oxygen atoms in total. The highest BCUT2D eigenvalue weighted by molar-refractivity contribution is 5.94. The number of H-pyrrole nitrogens is 1. The van der Waals surface area contributed by atoms with Gasteiger partial charge in [0.2, 0.25) is 0 Å². The lowest BCUT2D eigenvalue weighted by atomic mass is 9.86. The number of aromatic amines is 1. The third-order valence-corrected chi connectivity index (χ3v) is 9.54. The van der Waals surface area contributed by atoms with Gasteiger partial charge in [0.1, 0.15) is 22.9 Å². The van der Waals surface area contributed by atoms with E-state index in [0.717, 1.165) is 91.5 Å². The van der Waals surface area contributed by atoms with E-state index in [1.807, 2.05) is 12.3 Å². The molecule has 0 unspecified atom stereocenters. The third-order valence-electron chi connectivity index (χ3n) is 9.54. The highest BCUT2D eigenvalue weighted by atomic mass is 16.5. The monoisotopic (exact) mass is 544 g/mol. The van der Waals surface area contributed by atoms with E-state index in [2.05, 4.69) is 56.5 Å². The first-order valence-corrected chi connectivity index (χ1v) is 15.6. The van der Waals surface area contributed by atoms with E-state index in [4.69, 9.17) is 14.5 Å². The van der Waals surface area contributed by atoms with Gasteiger partial charge in [-0.25, -0.2) is 4.98 Å². The fourth-order valence-electron chi connectivity index (χ4n) is 6.78. The van der Waals surface area contributed by atoms with Gasteiger partial charge in [-0.05, 0) is 94.5 Å². The summed E-state index contributed by atoms with van der Waals surface area (Å²) in [4.78, 5) is 9.80. The van der Waals surface area contributed by atoms with Gasteiger partial charge in [-0.3, -0.25) is 5.10 Å². The Morgan fingerprint density at radius 3 is 2.48 bits per heavy atom. The lowest BCUT2D eigenvalue weighted by molar-refractivity contribution is -0.0475. The largest absolute Gasteiger partial charge is 0.488 e. The number of nitrogens with one attached hydrogen (secondary N) is 2. The van der Waals surface area contributed by atoms with Gasteiger partial charge in [0.05, 0.1) is 17.7 Å². The fraction of sp³-hybridized carbons (Fsp3) is 0.625. The van der Waals surface area contributed by atoms with E-state index >= 15 is 0 Å². The maximum Gasteiger partial charge on any atom is 0.129 e. The van der Waals surface area contributed by atoms with E-state index in [1.54, 1.807) is 0 Å². The Balaban J connectivity index is 0.929. The zero-order valence-electron chi connectivity index (χ0n) is 23.9. The van der Waals surface area contributed by atoms with Crippen LogP contribution in [0.4, 0.5) is 5.82 Å². The normalized spacial score (nSPS) is 25.8. The molecule has 0 radical (unpaired) electrons. The lowest BCUT2D eigenvalue weighted by Gasteiger charge is -2.38. The second kappa shape index (κ2) is 11.3. The minimum atomic E-state index is 0.00158. The number of aromatic nitrogens is 3. The topological polar surface area (TPSA) is 78.5 Å². The Labute approximate surface area is 237 Å². The summed E-state index contributed by atoms with van der Waals surface area (Å²) < 4.78 is 12.9. The highest BCUT2D eigenvalue weighted by Gasteiger charge is 2.40. The molecule has 0 spiro atoms. The molecule has 2 aliphatic heterocycles. The molecule has 1 aromatic carbocycles. The maximum absolute atomic E-state index is 6.64. The van der Waals surface area contributed by atoms with Crippen molar-refractivity contribution in [3.63, 3.8) is 0 Å². The number of piperazine rings is 1. The number of anilines is 1. The van der Waals surface area contributed by atoms with Gasteiger partial charge in [0.25, 0.3) is 0 Å². The molecule has 214 valence electrons. The number of hydrogen-bond donors (Lipinski definition) is 2. The van der Waals surface area contributed by atoms with Crippen molar-refractivity contribution in [3.05, 3.63) is 36.5 Å². The van der Waals surface area contributed by atoms with Crippen LogP contribution in [-0.2, 0) is 4.74 Å². The van der Waals surface area contributed by atoms with Crippen molar-refractivity contribution < 1.29 is 9.47 Å². The molecule has 2 N–H and O–H groups in total. The van der Waals surface area contributed by atoms with E-state index in [1.165, 1.54) is 45.3 Å². The number of ether oxygens (including phenoxy) is 2. The van der Waals surface area contributed by atoms with Crippen molar-refractivity contribution in [1.29, 1.82) is 0 Å². The van der Waals surface area contributed by atoms with Crippen molar-refractivity contribution in [3.8, 4) is 17.0 Å². The van der Waals surface area contributed by atoms with Crippen molar-refractivity contribution in [2.45, 2.75) is 76.1 Å². The molecule has 2 aromatic heterocycles. The number of pyridine rings is 1. The number of fused-ring (bicyclic) bond motifs is 1. The smallest absolute Gasteiger partial charge is 0.129 e. The van der Waals surface area contributed by atoms with Gasteiger partial charge < -0.3 is 24.6 Å². The van der Waals surface area contributed by atoms with Crippen LogP contribution in [0.15, 0.2) is 36.5 Å². The molecule has 2 saturated heterocycles. The second-order valence-corrected chi connectivity index (χ2v) is 12.8. The van der Waals surface area contributed by atoms with Gasteiger partial charge in [-0.15, -0.1) is 0 Å². The van der Waals surface area contributed by atoms with Crippen LogP contribution in [0.3, 0.4) is 0 Å². The highest BCUT2D eigenvalue weighted by Crippen LogP contribution is 2.41. The predicted octanol–water partition coefficient (Wildman–Crippen LogP) is 5.01. The molecule has 4 aliphatic rings. The predicted molar refractivity (Wildman–Crippen MR) is 159 cm³/mol. The Morgan fingerprint density at radius 1 is 0.925 bits per heavy atom. The molecule has 2 saturated carbocycles. The first-order chi connectivity index (χ1) is 19.6. The minimum Gasteiger partial charge on any atom is -0.488 e. The van der Waals surface area contributed by atoms with Gasteiger partial charge in [0.15, 0.2) is 0 Å². The fourth-order valence-corrected chi connectivity index (χ4v) is 6.78. The first kappa shape index (κ1) is 26.2. The standard InChI is InChI=1S/C32H44N6O2/c1-32(11-12-32)40-27-6-7-29-28(21-27)31(36-35-29)24-8-13-34-30(20-24)38-16-9-26(10-17-38)39-25-4-2-23(3-5-25)22-37-18-14-33-15-19-37/h6-8,13,20-21,23,25-26,33H,2-5,9-12,14-19,22H2,1H3,(H,35,36). The Bertz CT molecular complexity index is 1280. The summed E-state index contributed by atoms with van der Waals surface area (Å²) in [5.41, 5.74) is 3.07. The second-order valence-electron chi connectivity index (χ2n) is 12.8. The molecule has 7 rings (SSSR count). The Morgan fingerprint density at radius 2 is 1.70 bits per heavy atom. The minimum absolute atomic E-state index is 0.00158. The molecule has 4 fully saturated rings. The van der Waals surface area contributed by atoms with Gasteiger partial charge in [0, 0.05) is 63.0 Å². The van der Waals surface area contributed by atoms with E-state index in [9.17, 15) is 0 Å². The Hall–Kier alpha value is -2.68. The molecule has 0 atom stereocenters. The lowest BCUT2D eigenvalue weighted by Crippen LogP contribution is -2.46. The number of benzene rings is 1. The summed E-state index contributed by atoms with van der Waals surface area (Å²) in [6, 6.07) is 10.5. The van der Waals surface area contributed by atoms with Crippen LogP contribution in [0.2, 0.25) is 0 Å². The number of hydrogen-bond acceptors (Lipinski definition) is 7. The zero-order chi connectivity index (χ0) is 26.9. The number of nitrogens with zero attached hydrogens (tertiary/aromatic N) is 4. The molecule has 8 heteroatoms. The van der Waals surface area contributed by atoms with Crippen molar-refractivity contribution in [1.82, 2.24) is 25.4 Å². The summed E-state index contributed by atoms with van der Waals surface area (Å²) in [5.74, 6) is 2.79. The summed E-state index contributed by atoms with van der Waals surface area (Å²) >= 11 is 0. The van der Waals surface area contributed by atoms with Crippen LogP contribution < -0.4 is 15.0 Å². The van der Waals surface area contributed by atoms with Crippen LogP contribution in [0, 0.1) is 5.92 Å². The molecule has 0 bridgehead atoms. The summed E-state index contributed by atoms with van der Waals surface area (Å²) in [5, 5.41) is 12.4. The van der Waals surface area contributed by atoms with Crippen LogP contribution in [-0.4, -0.2) is 83.7 Å². The van der Waals surface area contributed by atoms with E-state index < -0.39 is 0 Å². The third kappa shape index (κ3) is 5.99. The molecule has 40 heavy (non-hydrogen) atoms. The Kier molecular flexibility index (Phi) is 7.41.